The monoisotopic (exact) mass is 162 g/mol. The topological polar surface area (TPSA) is 9.23 Å². The first-order valence-corrected chi connectivity index (χ1v) is 2.87. The lowest BCUT2D eigenvalue weighted by molar-refractivity contribution is 0.190. The van der Waals surface area contributed by atoms with E-state index in [-0.39, 0.29) is 5.75 Å². The molecule has 0 unspecified atom stereocenters. The maximum absolute atomic E-state index is 12.3. The molecule has 1 nitrogen and oxygen atoms in total. The highest BCUT2D eigenvalue weighted by molar-refractivity contribution is 5.23. The lowest BCUT2D eigenvalue weighted by Gasteiger charge is -1.99. The van der Waals surface area contributed by atoms with Gasteiger partial charge in [-0.05, 0) is 0 Å². The number of hydrogen-bond donors (Lipinski definition) is 0. The summed E-state index contributed by atoms with van der Waals surface area (Å²) in [6.45, 7) is -1.09. The second kappa shape index (κ2) is 3.27. The second-order valence-corrected chi connectivity index (χ2v) is 1.86. The van der Waals surface area contributed by atoms with Gasteiger partial charge in [0.2, 0.25) is 6.86 Å². The van der Waals surface area contributed by atoms with Gasteiger partial charge in [0.1, 0.15) is 17.4 Å². The molecule has 0 saturated heterocycles. The van der Waals surface area contributed by atoms with Crippen LogP contribution in [-0.2, 0) is 0 Å². The van der Waals surface area contributed by atoms with Gasteiger partial charge in [0.15, 0.2) is 0 Å². The average Bonchev–Trinajstić information content (AvgIpc) is 1.85. The molecule has 4 heteroatoms. The Labute approximate surface area is 61.4 Å². The molecule has 0 radical (unpaired) electrons. The van der Waals surface area contributed by atoms with Crippen LogP contribution in [0.3, 0.4) is 0 Å². The van der Waals surface area contributed by atoms with E-state index >= 15 is 0 Å². The Morgan fingerprint density at radius 1 is 1.09 bits per heavy atom. The van der Waals surface area contributed by atoms with Crippen molar-refractivity contribution in [2.24, 2.45) is 0 Å². The minimum absolute atomic E-state index is 0.148. The molecule has 0 fully saturated rings. The standard InChI is InChI=1S/C7H5F3O/c8-4-11-7-2-5(9)1-6(10)3-7/h1-3H,4H2. The van der Waals surface area contributed by atoms with Gasteiger partial charge in [0.25, 0.3) is 0 Å². The van der Waals surface area contributed by atoms with E-state index in [1.807, 2.05) is 0 Å². The maximum atomic E-state index is 12.3. The normalized spacial score (nSPS) is 9.73. The first kappa shape index (κ1) is 7.91. The van der Waals surface area contributed by atoms with Crippen molar-refractivity contribution in [1.29, 1.82) is 0 Å². The molecular weight excluding hydrogens is 157 g/mol. The number of alkyl halides is 1. The van der Waals surface area contributed by atoms with E-state index in [0.717, 1.165) is 12.1 Å². The molecule has 0 aliphatic carbocycles. The van der Waals surface area contributed by atoms with Crippen LogP contribution in [0, 0.1) is 11.6 Å². The zero-order valence-corrected chi connectivity index (χ0v) is 5.48. The molecular formula is C7H5F3O. The summed E-state index contributed by atoms with van der Waals surface area (Å²) in [5.41, 5.74) is 0. The highest BCUT2D eigenvalue weighted by atomic mass is 19.1. The summed E-state index contributed by atoms with van der Waals surface area (Å²) in [7, 11) is 0. The van der Waals surface area contributed by atoms with E-state index in [9.17, 15) is 13.2 Å². The summed E-state index contributed by atoms with van der Waals surface area (Å²) in [6.07, 6.45) is 0. The Morgan fingerprint density at radius 3 is 2.09 bits per heavy atom. The third-order valence-electron chi connectivity index (χ3n) is 1.06. The fourth-order valence-electron chi connectivity index (χ4n) is 0.675. The molecule has 0 spiro atoms. The quantitative estimate of drug-likeness (QED) is 0.648. The average molecular weight is 162 g/mol. The third kappa shape index (κ3) is 2.14. The Morgan fingerprint density at radius 2 is 1.64 bits per heavy atom. The largest absolute Gasteiger partial charge is 0.463 e. The molecule has 0 atom stereocenters. The van der Waals surface area contributed by atoms with Crippen LogP contribution in [0.4, 0.5) is 13.2 Å². The molecule has 11 heavy (non-hydrogen) atoms. The zero-order chi connectivity index (χ0) is 8.27. The van der Waals surface area contributed by atoms with E-state index in [2.05, 4.69) is 4.74 Å². The highest BCUT2D eigenvalue weighted by Crippen LogP contribution is 2.14. The Kier molecular flexibility index (Phi) is 2.36. The van der Waals surface area contributed by atoms with E-state index in [1.165, 1.54) is 0 Å². The summed E-state index contributed by atoms with van der Waals surface area (Å²) in [6, 6.07) is 2.50. The zero-order valence-electron chi connectivity index (χ0n) is 5.48. The number of halogens is 3. The van der Waals surface area contributed by atoms with Crippen LogP contribution in [0.1, 0.15) is 0 Å². The molecule has 1 rings (SSSR count). The maximum Gasteiger partial charge on any atom is 0.228 e. The van der Waals surface area contributed by atoms with E-state index < -0.39 is 18.5 Å². The summed E-state index contributed by atoms with van der Waals surface area (Å²) >= 11 is 0. The minimum Gasteiger partial charge on any atom is -0.463 e. The van der Waals surface area contributed by atoms with Gasteiger partial charge in [-0.15, -0.1) is 0 Å². The molecule has 1 aromatic carbocycles. The third-order valence-corrected chi connectivity index (χ3v) is 1.06. The summed E-state index contributed by atoms with van der Waals surface area (Å²) in [4.78, 5) is 0. The van der Waals surface area contributed by atoms with Gasteiger partial charge in [0, 0.05) is 18.2 Å². The molecule has 1 aromatic rings. The van der Waals surface area contributed by atoms with Crippen LogP contribution in [0.2, 0.25) is 0 Å². The molecule has 0 aliphatic heterocycles. The van der Waals surface area contributed by atoms with Crippen molar-refractivity contribution >= 4 is 0 Å². The Hall–Kier alpha value is -1.19. The van der Waals surface area contributed by atoms with Crippen molar-refractivity contribution < 1.29 is 17.9 Å². The Balaban J connectivity index is 2.89. The number of benzene rings is 1. The van der Waals surface area contributed by atoms with Crippen molar-refractivity contribution in [3.8, 4) is 5.75 Å². The molecule has 0 heterocycles. The molecule has 0 N–H and O–H groups in total. The summed E-state index contributed by atoms with van der Waals surface area (Å²) < 4.78 is 40.3. The van der Waals surface area contributed by atoms with Crippen molar-refractivity contribution in [3.63, 3.8) is 0 Å². The SMILES string of the molecule is FCOc1cc(F)cc(F)c1. The van der Waals surface area contributed by atoms with E-state index in [4.69, 9.17) is 0 Å². The first-order chi connectivity index (χ1) is 5.22. The lowest BCUT2D eigenvalue weighted by Crippen LogP contribution is -1.91. The van der Waals surface area contributed by atoms with Crippen LogP contribution < -0.4 is 4.74 Å². The van der Waals surface area contributed by atoms with Crippen LogP contribution >= 0.6 is 0 Å². The molecule has 0 aliphatic rings. The fourth-order valence-corrected chi connectivity index (χ4v) is 0.675. The van der Waals surface area contributed by atoms with Gasteiger partial charge in [0.05, 0.1) is 0 Å². The summed E-state index contributed by atoms with van der Waals surface area (Å²) in [5, 5.41) is 0. The predicted octanol–water partition coefficient (Wildman–Crippen LogP) is 2.27. The van der Waals surface area contributed by atoms with Gasteiger partial charge >= 0.3 is 0 Å². The van der Waals surface area contributed by atoms with E-state index in [1.54, 1.807) is 0 Å². The molecule has 0 amide bonds. The first-order valence-electron chi connectivity index (χ1n) is 2.87. The van der Waals surface area contributed by atoms with Crippen LogP contribution in [0.15, 0.2) is 18.2 Å². The molecule has 0 bridgehead atoms. The van der Waals surface area contributed by atoms with Gasteiger partial charge in [-0.1, -0.05) is 0 Å². The van der Waals surface area contributed by atoms with Crippen molar-refractivity contribution in [1.82, 2.24) is 0 Å². The molecule has 0 aromatic heterocycles. The lowest BCUT2D eigenvalue weighted by atomic mass is 10.3. The van der Waals surface area contributed by atoms with Crippen molar-refractivity contribution in [3.05, 3.63) is 29.8 Å². The number of hydrogen-bond acceptors (Lipinski definition) is 1. The predicted molar refractivity (Wildman–Crippen MR) is 33.0 cm³/mol. The van der Waals surface area contributed by atoms with Crippen LogP contribution in [0.25, 0.3) is 0 Å². The van der Waals surface area contributed by atoms with Crippen LogP contribution in [0.5, 0.6) is 5.75 Å². The molecule has 60 valence electrons. The highest BCUT2D eigenvalue weighted by Gasteiger charge is 1.99. The van der Waals surface area contributed by atoms with Gasteiger partial charge in [-0.3, -0.25) is 0 Å². The van der Waals surface area contributed by atoms with Gasteiger partial charge in [-0.2, -0.15) is 0 Å². The number of rotatable bonds is 2. The van der Waals surface area contributed by atoms with Crippen molar-refractivity contribution in [2.45, 2.75) is 0 Å². The van der Waals surface area contributed by atoms with Gasteiger partial charge < -0.3 is 4.74 Å². The van der Waals surface area contributed by atoms with E-state index in [0.29, 0.717) is 6.07 Å². The number of ether oxygens (including phenoxy) is 1. The van der Waals surface area contributed by atoms with Crippen LogP contribution in [-0.4, -0.2) is 6.86 Å². The minimum atomic E-state index is -1.09. The Bertz CT molecular complexity index is 229. The van der Waals surface area contributed by atoms with Gasteiger partial charge in [-0.25, -0.2) is 13.2 Å². The smallest absolute Gasteiger partial charge is 0.228 e. The van der Waals surface area contributed by atoms with Crippen molar-refractivity contribution in [2.75, 3.05) is 6.86 Å². The molecule has 0 saturated carbocycles. The summed E-state index contributed by atoms with van der Waals surface area (Å²) in [5.74, 6) is -1.72. The second-order valence-electron chi connectivity index (χ2n) is 1.86. The fraction of sp³-hybridized carbons (Fsp3) is 0.143.